The SMILES string of the molecule is CC(F)(F)F.Cc1ccccc1C(C)(C)C. The van der Waals surface area contributed by atoms with Gasteiger partial charge in [0.25, 0.3) is 0 Å². The predicted molar refractivity (Wildman–Crippen MR) is 61.6 cm³/mol. The average Bonchev–Trinajstić information content (AvgIpc) is 1.99. The quantitative estimate of drug-likeness (QED) is 0.599. The molecule has 16 heavy (non-hydrogen) atoms. The van der Waals surface area contributed by atoms with Gasteiger partial charge in [0.2, 0.25) is 0 Å². The second-order valence-electron chi connectivity index (χ2n) is 4.85. The third-order valence-electron chi connectivity index (χ3n) is 1.95. The van der Waals surface area contributed by atoms with Crippen LogP contribution in [0, 0.1) is 6.92 Å². The molecule has 0 saturated carbocycles. The summed E-state index contributed by atoms with van der Waals surface area (Å²) >= 11 is 0. The van der Waals surface area contributed by atoms with Gasteiger partial charge in [-0.3, -0.25) is 0 Å². The first-order chi connectivity index (χ1) is 7.02. The van der Waals surface area contributed by atoms with Gasteiger partial charge in [0.05, 0.1) is 0 Å². The van der Waals surface area contributed by atoms with E-state index in [-0.39, 0.29) is 12.3 Å². The van der Waals surface area contributed by atoms with E-state index in [0.29, 0.717) is 0 Å². The van der Waals surface area contributed by atoms with Gasteiger partial charge in [-0.2, -0.15) is 13.2 Å². The summed E-state index contributed by atoms with van der Waals surface area (Å²) < 4.78 is 31.1. The maximum Gasteiger partial charge on any atom is 0.386 e. The smallest absolute Gasteiger partial charge is 0.172 e. The van der Waals surface area contributed by atoms with Crippen LogP contribution in [0.1, 0.15) is 38.8 Å². The molecule has 0 bridgehead atoms. The molecule has 0 amide bonds. The Kier molecular flexibility index (Phi) is 5.04. The van der Waals surface area contributed by atoms with Gasteiger partial charge in [-0.05, 0) is 23.5 Å². The van der Waals surface area contributed by atoms with E-state index in [2.05, 4.69) is 52.0 Å². The van der Waals surface area contributed by atoms with E-state index in [9.17, 15) is 13.2 Å². The Morgan fingerprint density at radius 2 is 1.25 bits per heavy atom. The molecular formula is C13H19F3. The summed E-state index contributed by atoms with van der Waals surface area (Å²) in [4.78, 5) is 0. The Morgan fingerprint density at radius 1 is 0.875 bits per heavy atom. The van der Waals surface area contributed by atoms with Crippen molar-refractivity contribution in [3.63, 3.8) is 0 Å². The number of benzene rings is 1. The van der Waals surface area contributed by atoms with Crippen LogP contribution in [0.25, 0.3) is 0 Å². The number of rotatable bonds is 0. The second kappa shape index (κ2) is 5.37. The molecule has 0 aliphatic carbocycles. The summed E-state index contributed by atoms with van der Waals surface area (Å²) in [5.74, 6) is 0. The van der Waals surface area contributed by atoms with Crippen molar-refractivity contribution < 1.29 is 13.2 Å². The molecule has 92 valence electrons. The molecule has 0 unspecified atom stereocenters. The molecule has 0 aromatic heterocycles. The zero-order valence-electron chi connectivity index (χ0n) is 10.4. The lowest BCUT2D eigenvalue weighted by Crippen LogP contribution is -2.12. The van der Waals surface area contributed by atoms with Crippen LogP contribution < -0.4 is 0 Å². The maximum atomic E-state index is 10.4. The Bertz CT molecular complexity index is 313. The molecule has 0 radical (unpaired) electrons. The second-order valence-corrected chi connectivity index (χ2v) is 4.85. The van der Waals surface area contributed by atoms with Crippen molar-refractivity contribution in [1.29, 1.82) is 0 Å². The van der Waals surface area contributed by atoms with Crippen LogP contribution in [0.3, 0.4) is 0 Å². The summed E-state index contributed by atoms with van der Waals surface area (Å²) in [6, 6.07) is 8.56. The number of alkyl halides is 3. The number of hydrogen-bond donors (Lipinski definition) is 0. The summed E-state index contributed by atoms with van der Waals surface area (Å²) in [7, 11) is 0. The highest BCUT2D eigenvalue weighted by atomic mass is 19.4. The third-order valence-corrected chi connectivity index (χ3v) is 1.95. The van der Waals surface area contributed by atoms with Gasteiger partial charge in [0, 0.05) is 6.92 Å². The summed E-state index contributed by atoms with van der Waals surface area (Å²) in [6.45, 7) is 9.09. The first kappa shape index (κ1) is 15.0. The van der Waals surface area contributed by atoms with Gasteiger partial charge in [-0.25, -0.2) is 0 Å². The minimum absolute atomic E-state index is 0.188. The molecular weight excluding hydrogens is 213 g/mol. The first-order valence-electron chi connectivity index (χ1n) is 5.14. The molecule has 0 fully saturated rings. The molecule has 0 spiro atoms. The van der Waals surface area contributed by atoms with Crippen molar-refractivity contribution in [2.24, 2.45) is 0 Å². The molecule has 1 aromatic rings. The molecule has 0 saturated heterocycles. The topological polar surface area (TPSA) is 0 Å². The van der Waals surface area contributed by atoms with E-state index in [1.54, 1.807) is 0 Å². The van der Waals surface area contributed by atoms with Crippen LogP contribution in [0.4, 0.5) is 13.2 Å². The standard InChI is InChI=1S/C11H16.C2H3F3/c1-9-7-5-6-8-10(9)11(2,3)4;1-2(3,4)5/h5-8H,1-4H3;1H3. The highest BCUT2D eigenvalue weighted by molar-refractivity contribution is 5.31. The Labute approximate surface area is 95.5 Å². The van der Waals surface area contributed by atoms with Gasteiger partial charge >= 0.3 is 6.18 Å². The Hall–Kier alpha value is -0.990. The minimum atomic E-state index is -4.00. The fraction of sp³-hybridized carbons (Fsp3) is 0.538. The van der Waals surface area contributed by atoms with E-state index < -0.39 is 6.18 Å². The van der Waals surface area contributed by atoms with Crippen LogP contribution in [-0.4, -0.2) is 6.18 Å². The molecule has 1 aromatic carbocycles. The summed E-state index contributed by atoms with van der Waals surface area (Å²) in [5, 5.41) is 0. The van der Waals surface area contributed by atoms with Crippen molar-refractivity contribution in [3.8, 4) is 0 Å². The number of hydrogen-bond acceptors (Lipinski definition) is 0. The lowest BCUT2D eigenvalue weighted by atomic mass is 9.84. The number of aryl methyl sites for hydroxylation is 1. The largest absolute Gasteiger partial charge is 0.386 e. The van der Waals surface area contributed by atoms with E-state index in [4.69, 9.17) is 0 Å². The van der Waals surface area contributed by atoms with Gasteiger partial charge in [0.1, 0.15) is 0 Å². The van der Waals surface area contributed by atoms with Crippen LogP contribution in [0.15, 0.2) is 24.3 Å². The van der Waals surface area contributed by atoms with Crippen LogP contribution in [0.5, 0.6) is 0 Å². The van der Waals surface area contributed by atoms with Gasteiger partial charge in [-0.1, -0.05) is 45.0 Å². The number of halogens is 3. The fourth-order valence-electron chi connectivity index (χ4n) is 1.41. The normalized spacial score (nSPS) is 11.8. The van der Waals surface area contributed by atoms with Crippen molar-refractivity contribution in [2.45, 2.75) is 46.2 Å². The highest BCUT2D eigenvalue weighted by Crippen LogP contribution is 2.24. The molecule has 0 heterocycles. The zero-order chi connectivity index (χ0) is 13.0. The molecule has 0 N–H and O–H groups in total. The molecule has 0 aliphatic rings. The minimum Gasteiger partial charge on any atom is -0.172 e. The van der Waals surface area contributed by atoms with Crippen molar-refractivity contribution in [3.05, 3.63) is 35.4 Å². The van der Waals surface area contributed by atoms with E-state index in [1.165, 1.54) is 11.1 Å². The lowest BCUT2D eigenvalue weighted by molar-refractivity contribution is -0.110. The molecule has 1 rings (SSSR count). The third kappa shape index (κ3) is 7.32. The lowest BCUT2D eigenvalue weighted by Gasteiger charge is -2.21. The Balaban J connectivity index is 0.000000385. The van der Waals surface area contributed by atoms with E-state index in [0.717, 1.165) is 0 Å². The molecule has 0 aliphatic heterocycles. The molecule has 0 nitrogen and oxygen atoms in total. The summed E-state index contributed by atoms with van der Waals surface area (Å²) in [5.41, 5.74) is 3.12. The van der Waals surface area contributed by atoms with Crippen LogP contribution in [0.2, 0.25) is 0 Å². The molecule has 3 heteroatoms. The van der Waals surface area contributed by atoms with E-state index in [1.807, 2.05) is 0 Å². The maximum absolute atomic E-state index is 10.4. The van der Waals surface area contributed by atoms with Crippen LogP contribution >= 0.6 is 0 Å². The van der Waals surface area contributed by atoms with Crippen molar-refractivity contribution in [2.75, 3.05) is 0 Å². The van der Waals surface area contributed by atoms with Crippen LogP contribution in [-0.2, 0) is 5.41 Å². The van der Waals surface area contributed by atoms with Crippen molar-refractivity contribution >= 4 is 0 Å². The summed E-state index contributed by atoms with van der Waals surface area (Å²) in [6.07, 6.45) is -4.00. The fourth-order valence-corrected chi connectivity index (χ4v) is 1.41. The first-order valence-corrected chi connectivity index (χ1v) is 5.14. The predicted octanol–water partition coefficient (Wildman–Crippen LogP) is 4.86. The Morgan fingerprint density at radius 3 is 1.50 bits per heavy atom. The average molecular weight is 232 g/mol. The monoisotopic (exact) mass is 232 g/mol. The highest BCUT2D eigenvalue weighted by Gasteiger charge is 2.15. The van der Waals surface area contributed by atoms with Gasteiger partial charge < -0.3 is 0 Å². The van der Waals surface area contributed by atoms with Gasteiger partial charge in [0.15, 0.2) is 0 Å². The van der Waals surface area contributed by atoms with Crippen molar-refractivity contribution in [1.82, 2.24) is 0 Å². The van der Waals surface area contributed by atoms with E-state index >= 15 is 0 Å². The zero-order valence-corrected chi connectivity index (χ0v) is 10.4. The van der Waals surface area contributed by atoms with Gasteiger partial charge in [-0.15, -0.1) is 0 Å². The molecule has 0 atom stereocenters.